The molecule has 0 atom stereocenters. The third-order valence-corrected chi connectivity index (χ3v) is 5.34. The van der Waals surface area contributed by atoms with Crippen molar-refractivity contribution >= 4 is 11.5 Å². The number of amides is 1. The number of rotatable bonds is 3. The molecule has 3 aliphatic heterocycles. The van der Waals surface area contributed by atoms with Crippen molar-refractivity contribution in [1.82, 2.24) is 15.1 Å². The summed E-state index contributed by atoms with van der Waals surface area (Å²) in [7, 11) is 1.20. The molecule has 0 aliphatic carbocycles. The maximum atomic E-state index is 13.4. The molecule has 1 aromatic rings. The first-order valence-electron chi connectivity index (χ1n) is 9.91. The van der Waals surface area contributed by atoms with Gasteiger partial charge in [-0.3, -0.25) is 9.69 Å². The lowest BCUT2D eigenvalue weighted by molar-refractivity contribution is -0.138. The Morgan fingerprint density at radius 3 is 2.52 bits per heavy atom. The summed E-state index contributed by atoms with van der Waals surface area (Å²) in [6.45, 7) is 3.41. The van der Waals surface area contributed by atoms with Crippen molar-refractivity contribution in [3.05, 3.63) is 83.4 Å². The molecule has 0 unspecified atom stereocenters. The number of fused-ring (bicyclic) bond motifs is 1. The van der Waals surface area contributed by atoms with Gasteiger partial charge in [0, 0.05) is 44.2 Å². The highest BCUT2D eigenvalue weighted by Crippen LogP contribution is 2.38. The maximum Gasteiger partial charge on any atom is 0.419 e. The molecule has 1 fully saturated rings. The largest absolute Gasteiger partial charge is 0.496 e. The number of hydrogen-bond donors (Lipinski definition) is 1. The highest BCUT2D eigenvalue weighted by Gasteiger charge is 2.34. The van der Waals surface area contributed by atoms with Gasteiger partial charge >= 0.3 is 6.18 Å². The summed E-state index contributed by atoms with van der Waals surface area (Å²) in [5.74, 6) is -0.586. The van der Waals surface area contributed by atoms with Gasteiger partial charge in [0.1, 0.15) is 5.75 Å². The fraction of sp³-hybridized carbons (Fsp3) is 0.261. The molecule has 162 valence electrons. The van der Waals surface area contributed by atoms with Crippen LogP contribution in [0.4, 0.5) is 13.2 Å². The summed E-state index contributed by atoms with van der Waals surface area (Å²) in [6, 6.07) is 3.79. The molecule has 0 saturated carbocycles. The van der Waals surface area contributed by atoms with Crippen LogP contribution in [0.5, 0.6) is 5.75 Å². The van der Waals surface area contributed by atoms with Crippen molar-refractivity contribution in [1.29, 1.82) is 0 Å². The number of allylic oxidation sites excluding steroid dienone is 6. The standard InChI is InChI=1S/C23H22F3N3O2/c1-31-21-8-5-17(13-20(21)23(24,25)26)16-3-2-4-18-6-7-19(15-29(18)22(30)14-16)28-11-9-27-10-12-28/h2-8,13-15,27H,9-12H2,1H3/b3-2+,16-14+,18-4+. The highest BCUT2D eigenvalue weighted by atomic mass is 19.4. The number of carbonyl (C=O) groups is 1. The topological polar surface area (TPSA) is 44.8 Å². The minimum Gasteiger partial charge on any atom is -0.496 e. The number of carbonyl (C=O) groups excluding carboxylic acids is 1. The number of hydrogen-bond acceptors (Lipinski definition) is 4. The number of methoxy groups -OCH3 is 1. The van der Waals surface area contributed by atoms with E-state index >= 15 is 0 Å². The van der Waals surface area contributed by atoms with Crippen LogP contribution in [0, 0.1) is 0 Å². The van der Waals surface area contributed by atoms with Gasteiger partial charge in [-0.15, -0.1) is 0 Å². The van der Waals surface area contributed by atoms with E-state index in [2.05, 4.69) is 10.2 Å². The second-order valence-electron chi connectivity index (χ2n) is 7.30. The third kappa shape index (κ3) is 4.44. The van der Waals surface area contributed by atoms with E-state index in [9.17, 15) is 18.0 Å². The van der Waals surface area contributed by atoms with Gasteiger partial charge in [0.2, 0.25) is 0 Å². The van der Waals surface area contributed by atoms with Gasteiger partial charge in [0.05, 0.1) is 18.4 Å². The summed E-state index contributed by atoms with van der Waals surface area (Å²) in [6.07, 6.45) is 7.54. The first kappa shape index (κ1) is 21.0. The molecule has 8 heteroatoms. The smallest absolute Gasteiger partial charge is 0.419 e. The zero-order chi connectivity index (χ0) is 22.0. The molecule has 0 aromatic heterocycles. The summed E-state index contributed by atoms with van der Waals surface area (Å²) >= 11 is 0. The first-order valence-corrected chi connectivity index (χ1v) is 9.91. The summed E-state index contributed by atoms with van der Waals surface area (Å²) in [4.78, 5) is 16.7. The van der Waals surface area contributed by atoms with E-state index in [1.165, 1.54) is 30.2 Å². The molecule has 3 heterocycles. The second kappa shape index (κ2) is 8.47. The fourth-order valence-electron chi connectivity index (χ4n) is 3.73. The van der Waals surface area contributed by atoms with E-state index < -0.39 is 11.7 Å². The molecule has 1 N–H and O–H groups in total. The summed E-state index contributed by atoms with van der Waals surface area (Å²) in [5, 5.41) is 3.29. The van der Waals surface area contributed by atoms with Crippen molar-refractivity contribution < 1.29 is 22.7 Å². The Morgan fingerprint density at radius 2 is 1.81 bits per heavy atom. The van der Waals surface area contributed by atoms with Gasteiger partial charge in [-0.05, 0) is 41.5 Å². The predicted molar refractivity (Wildman–Crippen MR) is 112 cm³/mol. The average molecular weight is 429 g/mol. The molecular formula is C23H22F3N3O2. The van der Waals surface area contributed by atoms with E-state index in [1.54, 1.807) is 24.4 Å². The SMILES string of the molecule is COc1ccc(C2=C\C(=O)N3C=C(N4CCNCC4)C=C\C3=C/C=C/2)cc1C(F)(F)F. The molecule has 0 radical (unpaired) electrons. The zero-order valence-corrected chi connectivity index (χ0v) is 16.9. The molecule has 3 aliphatic rings. The minimum atomic E-state index is -4.57. The lowest BCUT2D eigenvalue weighted by atomic mass is 10.00. The molecule has 1 saturated heterocycles. The van der Waals surface area contributed by atoms with Crippen LogP contribution in [0.3, 0.4) is 0 Å². The Morgan fingerprint density at radius 1 is 1.06 bits per heavy atom. The number of benzene rings is 1. The van der Waals surface area contributed by atoms with Gasteiger partial charge < -0.3 is 15.0 Å². The Hall–Kier alpha value is -3.26. The lowest BCUT2D eigenvalue weighted by Crippen LogP contribution is -2.43. The molecule has 31 heavy (non-hydrogen) atoms. The first-order chi connectivity index (χ1) is 14.9. The molecule has 1 aromatic carbocycles. The molecular weight excluding hydrogens is 407 g/mol. The second-order valence-corrected chi connectivity index (χ2v) is 7.30. The van der Waals surface area contributed by atoms with E-state index in [-0.39, 0.29) is 17.2 Å². The Bertz CT molecular complexity index is 1030. The third-order valence-electron chi connectivity index (χ3n) is 5.34. The number of alkyl halides is 3. The summed E-state index contributed by atoms with van der Waals surface area (Å²) in [5.41, 5.74) is 1.42. The van der Waals surface area contributed by atoms with Crippen LogP contribution in [0.2, 0.25) is 0 Å². The van der Waals surface area contributed by atoms with Crippen LogP contribution >= 0.6 is 0 Å². The zero-order valence-electron chi connectivity index (χ0n) is 16.9. The Labute approximate surface area is 178 Å². The highest BCUT2D eigenvalue weighted by molar-refractivity contribution is 6.00. The van der Waals surface area contributed by atoms with Crippen molar-refractivity contribution in [2.24, 2.45) is 0 Å². The van der Waals surface area contributed by atoms with Crippen molar-refractivity contribution in [3.63, 3.8) is 0 Å². The van der Waals surface area contributed by atoms with Gasteiger partial charge in [0.25, 0.3) is 5.91 Å². The van der Waals surface area contributed by atoms with Crippen molar-refractivity contribution in [2.45, 2.75) is 6.18 Å². The summed E-state index contributed by atoms with van der Waals surface area (Å²) < 4.78 is 45.1. The Kier molecular flexibility index (Phi) is 5.73. The van der Waals surface area contributed by atoms with Gasteiger partial charge in [-0.2, -0.15) is 13.2 Å². The van der Waals surface area contributed by atoms with Crippen LogP contribution in [0.25, 0.3) is 5.57 Å². The molecule has 5 nitrogen and oxygen atoms in total. The normalized spacial score (nSPS) is 23.6. The number of piperazine rings is 1. The van der Waals surface area contributed by atoms with E-state index in [1.807, 2.05) is 12.2 Å². The number of nitrogens with zero attached hydrogens (tertiary/aromatic N) is 2. The number of ether oxygens (including phenoxy) is 1. The molecule has 4 rings (SSSR count). The van der Waals surface area contributed by atoms with E-state index in [4.69, 9.17) is 4.74 Å². The number of nitrogens with one attached hydrogen (secondary N) is 1. The minimum absolute atomic E-state index is 0.259. The molecule has 0 spiro atoms. The van der Waals surface area contributed by atoms with Gasteiger partial charge in [-0.1, -0.05) is 18.2 Å². The van der Waals surface area contributed by atoms with Crippen LogP contribution in [0.1, 0.15) is 11.1 Å². The van der Waals surface area contributed by atoms with Crippen LogP contribution in [-0.2, 0) is 11.0 Å². The monoisotopic (exact) mass is 429 g/mol. The fourth-order valence-corrected chi connectivity index (χ4v) is 3.73. The van der Waals surface area contributed by atoms with Crippen LogP contribution in [0.15, 0.2) is 72.2 Å². The van der Waals surface area contributed by atoms with Crippen molar-refractivity contribution in [2.75, 3.05) is 33.3 Å². The van der Waals surface area contributed by atoms with E-state index in [0.29, 0.717) is 11.3 Å². The maximum absolute atomic E-state index is 13.4. The lowest BCUT2D eigenvalue weighted by Gasteiger charge is -2.33. The van der Waals surface area contributed by atoms with Crippen molar-refractivity contribution in [3.8, 4) is 5.75 Å². The van der Waals surface area contributed by atoms with Gasteiger partial charge in [-0.25, -0.2) is 0 Å². The van der Waals surface area contributed by atoms with Crippen LogP contribution < -0.4 is 10.1 Å². The molecule has 0 bridgehead atoms. The van der Waals surface area contributed by atoms with Gasteiger partial charge in [0.15, 0.2) is 0 Å². The quantitative estimate of drug-likeness (QED) is 0.796. The Balaban J connectivity index is 1.68. The van der Waals surface area contributed by atoms with E-state index in [0.717, 1.165) is 37.9 Å². The predicted octanol–water partition coefficient (Wildman–Crippen LogP) is 3.70. The molecule has 1 amide bonds. The average Bonchev–Trinajstić information content (AvgIpc) is 2.76. The van der Waals surface area contributed by atoms with Crippen LogP contribution in [-0.4, -0.2) is 49.0 Å². The number of halogens is 3.